The predicted octanol–water partition coefficient (Wildman–Crippen LogP) is 0.668. The zero-order valence-electron chi connectivity index (χ0n) is 9.06. The number of hydrogen-bond acceptors (Lipinski definition) is 4. The van der Waals surface area contributed by atoms with Gasteiger partial charge in [0.15, 0.2) is 0 Å². The highest BCUT2D eigenvalue weighted by Crippen LogP contribution is 2.28. The fourth-order valence-corrected chi connectivity index (χ4v) is 1.75. The summed E-state index contributed by atoms with van der Waals surface area (Å²) in [5.41, 5.74) is 0.208. The Bertz CT molecular complexity index is 290. The van der Waals surface area contributed by atoms with Gasteiger partial charge in [0, 0.05) is 27.5 Å². The summed E-state index contributed by atoms with van der Waals surface area (Å²) in [7, 11) is 8.05. The van der Waals surface area contributed by atoms with Crippen molar-refractivity contribution in [1.29, 1.82) is 0 Å². The molecule has 0 spiro atoms. The maximum Gasteiger partial charge on any atom is 0.235 e. The van der Waals surface area contributed by atoms with Crippen LogP contribution in [0.1, 0.15) is 5.69 Å². The third-order valence-corrected chi connectivity index (χ3v) is 2.83. The van der Waals surface area contributed by atoms with Gasteiger partial charge < -0.3 is 14.2 Å². The lowest BCUT2D eigenvalue weighted by atomic mass is 10.2. The quantitative estimate of drug-likeness (QED) is 0.544. The van der Waals surface area contributed by atoms with Gasteiger partial charge in [-0.15, -0.1) is 0 Å². The maximum absolute atomic E-state index is 5.37. The summed E-state index contributed by atoms with van der Waals surface area (Å²) in [6.45, 7) is 0. The van der Waals surface area contributed by atoms with E-state index >= 15 is 0 Å². The fraction of sp³-hybridized carbons (Fsp3) is 0.500. The molecule has 3 radical (unpaired) electrons. The Labute approximate surface area is 93.0 Å². The number of pyridine rings is 1. The van der Waals surface area contributed by atoms with Crippen molar-refractivity contribution in [2.75, 3.05) is 21.3 Å². The van der Waals surface area contributed by atoms with Gasteiger partial charge in [0.1, 0.15) is 5.69 Å². The van der Waals surface area contributed by atoms with E-state index in [1.807, 2.05) is 18.2 Å². The number of rotatable bonds is 5. The monoisotopic (exact) mass is 224 g/mol. The van der Waals surface area contributed by atoms with Crippen molar-refractivity contribution in [3.8, 4) is 0 Å². The normalized spacial score (nSPS) is 13.9. The van der Waals surface area contributed by atoms with Gasteiger partial charge in [0.05, 0.1) is 16.0 Å². The average Bonchev–Trinajstić information content (AvgIpc) is 2.32. The molecular weight excluding hydrogens is 210 g/mol. The van der Waals surface area contributed by atoms with E-state index in [9.17, 15) is 0 Å². The first-order valence-corrected chi connectivity index (χ1v) is 5.04. The fourth-order valence-electron chi connectivity index (χ4n) is 1.36. The highest BCUT2D eigenvalue weighted by Gasteiger charge is 2.40. The first-order valence-electron chi connectivity index (χ1n) is 4.47. The summed E-state index contributed by atoms with van der Waals surface area (Å²) in [4.78, 5) is 4.20. The third-order valence-electron chi connectivity index (χ3n) is 2.21. The molecule has 0 aliphatic heterocycles. The summed E-state index contributed by atoms with van der Waals surface area (Å²) < 4.78 is 15.9. The smallest absolute Gasteiger partial charge is 0.235 e. The van der Waals surface area contributed by atoms with E-state index in [0.717, 1.165) is 0 Å². The summed E-state index contributed by atoms with van der Waals surface area (Å²) >= 11 is 0. The van der Waals surface area contributed by atoms with Crippen molar-refractivity contribution in [2.45, 2.75) is 11.5 Å². The molecule has 81 valence electrons. The molecule has 1 heterocycles. The first kappa shape index (κ1) is 12.3. The second-order valence-corrected chi connectivity index (χ2v) is 3.43. The van der Waals surface area contributed by atoms with Crippen LogP contribution in [0.15, 0.2) is 24.4 Å². The second-order valence-electron chi connectivity index (χ2n) is 2.91. The molecule has 1 unspecified atom stereocenters. The minimum absolute atomic E-state index is 0.442. The molecule has 0 bridgehead atoms. The number of methoxy groups -OCH3 is 3. The van der Waals surface area contributed by atoms with E-state index in [0.29, 0.717) is 5.69 Å². The summed E-state index contributed by atoms with van der Waals surface area (Å²) in [5.74, 6) is -1.03. The Balaban J connectivity index is 3.11. The molecule has 1 aromatic rings. The Morgan fingerprint density at radius 3 is 2.33 bits per heavy atom. The minimum atomic E-state index is -1.03. The number of hydrogen-bond donors (Lipinski definition) is 0. The lowest BCUT2D eigenvalue weighted by molar-refractivity contribution is -0.256. The molecule has 0 N–H and O–H groups in total. The van der Waals surface area contributed by atoms with E-state index in [1.165, 1.54) is 0 Å². The Morgan fingerprint density at radius 1 is 1.27 bits per heavy atom. The van der Waals surface area contributed by atoms with Gasteiger partial charge in [-0.2, -0.15) is 0 Å². The van der Waals surface area contributed by atoms with Crippen LogP contribution in [0.25, 0.3) is 0 Å². The molecule has 0 aliphatic carbocycles. The van der Waals surface area contributed by atoms with Gasteiger partial charge in [-0.05, 0) is 12.1 Å². The predicted molar refractivity (Wildman–Crippen MR) is 56.5 cm³/mol. The van der Waals surface area contributed by atoms with E-state index in [2.05, 4.69) is 15.2 Å². The molecule has 1 rings (SSSR count). The van der Waals surface area contributed by atoms with Gasteiger partial charge in [0.2, 0.25) is 5.79 Å². The SMILES string of the molecule is COC([Si])C(OC)(OC)c1ccccn1. The van der Waals surface area contributed by atoms with Gasteiger partial charge in [-0.1, -0.05) is 6.07 Å². The standard InChI is InChI=1S/C10H14NO3Si/c1-12-9(15)10(13-2,14-3)8-6-4-5-7-11-8/h4-7,9H,1-3H3. The van der Waals surface area contributed by atoms with Crippen LogP contribution in [0.3, 0.4) is 0 Å². The number of ether oxygens (including phenoxy) is 3. The molecule has 0 amide bonds. The van der Waals surface area contributed by atoms with Crippen molar-refractivity contribution >= 4 is 10.2 Å². The Morgan fingerprint density at radius 2 is 1.93 bits per heavy atom. The largest absolute Gasteiger partial charge is 0.380 e. The van der Waals surface area contributed by atoms with Crippen LogP contribution in [-0.2, 0) is 20.0 Å². The Hall–Kier alpha value is -0.753. The first-order chi connectivity index (χ1) is 7.21. The zero-order chi connectivity index (χ0) is 11.3. The van der Waals surface area contributed by atoms with Crippen LogP contribution in [0.4, 0.5) is 0 Å². The molecule has 4 nitrogen and oxygen atoms in total. The van der Waals surface area contributed by atoms with Crippen LogP contribution >= 0.6 is 0 Å². The molecule has 0 fully saturated rings. The van der Waals surface area contributed by atoms with Gasteiger partial charge in [0.25, 0.3) is 0 Å². The lowest BCUT2D eigenvalue weighted by Crippen LogP contribution is -2.45. The van der Waals surface area contributed by atoms with Crippen molar-refractivity contribution < 1.29 is 14.2 Å². The van der Waals surface area contributed by atoms with Crippen molar-refractivity contribution in [1.82, 2.24) is 4.98 Å². The van der Waals surface area contributed by atoms with Crippen LogP contribution in [0.5, 0.6) is 0 Å². The Kier molecular flexibility index (Phi) is 4.40. The zero-order valence-corrected chi connectivity index (χ0v) is 10.1. The highest BCUT2D eigenvalue weighted by atomic mass is 28.1. The van der Waals surface area contributed by atoms with Crippen LogP contribution in [0, 0.1) is 0 Å². The molecule has 0 saturated carbocycles. The van der Waals surface area contributed by atoms with Crippen molar-refractivity contribution in [2.24, 2.45) is 0 Å². The van der Waals surface area contributed by atoms with Crippen LogP contribution in [0.2, 0.25) is 0 Å². The molecule has 0 aliphatic rings. The molecular formula is C10H14NO3Si. The van der Waals surface area contributed by atoms with Crippen LogP contribution < -0.4 is 0 Å². The van der Waals surface area contributed by atoms with E-state index < -0.39 is 11.5 Å². The van der Waals surface area contributed by atoms with Crippen LogP contribution in [-0.4, -0.2) is 42.3 Å². The summed E-state index contributed by atoms with van der Waals surface area (Å²) in [6.07, 6.45) is 1.68. The van der Waals surface area contributed by atoms with Crippen molar-refractivity contribution in [3.05, 3.63) is 30.1 Å². The van der Waals surface area contributed by atoms with E-state index in [4.69, 9.17) is 14.2 Å². The molecule has 1 aromatic heterocycles. The molecule has 15 heavy (non-hydrogen) atoms. The van der Waals surface area contributed by atoms with Crippen molar-refractivity contribution in [3.63, 3.8) is 0 Å². The van der Waals surface area contributed by atoms with Gasteiger partial charge in [-0.25, -0.2) is 0 Å². The number of aromatic nitrogens is 1. The van der Waals surface area contributed by atoms with Gasteiger partial charge in [-0.3, -0.25) is 4.98 Å². The molecule has 0 saturated heterocycles. The lowest BCUT2D eigenvalue weighted by Gasteiger charge is -2.34. The molecule has 5 heteroatoms. The summed E-state index contributed by atoms with van der Waals surface area (Å²) in [5, 5.41) is 0. The third kappa shape index (κ3) is 2.26. The number of nitrogens with zero attached hydrogens (tertiary/aromatic N) is 1. The van der Waals surface area contributed by atoms with Gasteiger partial charge >= 0.3 is 0 Å². The highest BCUT2D eigenvalue weighted by molar-refractivity contribution is 6.11. The average molecular weight is 224 g/mol. The minimum Gasteiger partial charge on any atom is -0.380 e. The van der Waals surface area contributed by atoms with E-state index in [-0.39, 0.29) is 0 Å². The second kappa shape index (κ2) is 5.36. The topological polar surface area (TPSA) is 40.6 Å². The van der Waals surface area contributed by atoms with E-state index in [1.54, 1.807) is 27.5 Å². The summed E-state index contributed by atoms with van der Waals surface area (Å²) in [6, 6.07) is 5.51. The maximum atomic E-state index is 5.37. The molecule has 1 atom stereocenters. The molecule has 0 aromatic carbocycles.